The van der Waals surface area contributed by atoms with E-state index in [0.717, 1.165) is 59.8 Å². The molecular formula is C50H68FeN8O6. The largest absolute Gasteiger partial charge is 0.453 e. The van der Waals surface area contributed by atoms with Crippen LogP contribution in [0.5, 0.6) is 0 Å². The molecule has 4 heterocycles. The van der Waals surface area contributed by atoms with Gasteiger partial charge in [-0.05, 0) is 97.3 Å². The second kappa shape index (κ2) is 22.9. The molecule has 14 nitrogen and oxygen atoms in total. The molecule has 4 atom stereocenters. The molecule has 4 aromatic rings. The number of imidazole rings is 2. The van der Waals surface area contributed by atoms with Crippen LogP contribution in [0, 0.1) is 11.8 Å². The number of nitrogens with zero attached hydrogens (tertiary/aromatic N) is 4. The average molecular weight is 933 g/mol. The summed E-state index contributed by atoms with van der Waals surface area (Å²) in [5.74, 6) is 2.72. The summed E-state index contributed by atoms with van der Waals surface area (Å²) in [6.45, 7) is 8.99. The second-order valence-electron chi connectivity index (χ2n) is 18.7. The number of carbonyl (C=O) groups is 4. The molecule has 4 fully saturated rings. The van der Waals surface area contributed by atoms with Crippen molar-refractivity contribution in [2.45, 2.75) is 141 Å². The van der Waals surface area contributed by atoms with Crippen molar-refractivity contribution >= 4 is 24.0 Å². The van der Waals surface area contributed by atoms with Crippen molar-refractivity contribution in [2.24, 2.45) is 11.8 Å². The smallest absolute Gasteiger partial charge is 0.407 e. The summed E-state index contributed by atoms with van der Waals surface area (Å²) in [7, 11) is 2.61. The van der Waals surface area contributed by atoms with E-state index in [2.05, 4.69) is 79.1 Å². The molecule has 4 amide bonds. The number of alkyl carbamates (subject to hydrolysis) is 2. The first-order chi connectivity index (χ1) is 30.9. The molecule has 15 heteroatoms. The predicted molar refractivity (Wildman–Crippen MR) is 246 cm³/mol. The van der Waals surface area contributed by atoms with E-state index in [0.29, 0.717) is 24.9 Å². The molecule has 4 N–H and O–H groups in total. The summed E-state index contributed by atoms with van der Waals surface area (Å²) in [6, 6.07) is 16.1. The van der Waals surface area contributed by atoms with Gasteiger partial charge in [-0.25, -0.2) is 19.6 Å². The second-order valence-corrected chi connectivity index (χ2v) is 18.7. The SMILES string of the molecule is COC(=O)N[C@H](C(=O)N1CCC[C@H]1c1ncc(-c2ccc(C3CCCC3)cc2)[nH]1)C(C)C.COC(=O)N[C@H](C(=O)N1CCC[C@H]1c1ncc(-c2ccc(C3CCCC3)cc2)[nH]1)C(C)C.[Fe]. The molecule has 2 saturated carbocycles. The standard InChI is InChI=1S/2C25H34N4O3.Fe/c2*1-16(2)22(28-25(31)32-3)24(30)29-14-6-9-21(29)23-26-15-20(27-23)19-12-10-18(11-13-19)17-7-4-5-8-17;/h2*10-13,15-17,21-22H,4-9,14H2,1-3H3,(H,26,27)(H,28,31);/t2*21-,22-;/m00./s1. The van der Waals surface area contributed by atoms with E-state index in [9.17, 15) is 19.2 Å². The number of rotatable bonds is 12. The van der Waals surface area contributed by atoms with Crippen LogP contribution in [0.3, 0.4) is 0 Å². The number of likely N-dealkylation sites (tertiary alicyclic amines) is 2. The number of benzene rings is 2. The van der Waals surface area contributed by atoms with Crippen molar-refractivity contribution in [1.82, 2.24) is 40.4 Å². The van der Waals surface area contributed by atoms with Crippen LogP contribution >= 0.6 is 0 Å². The molecule has 2 aliphatic heterocycles. The Labute approximate surface area is 394 Å². The molecule has 8 rings (SSSR count). The first kappa shape index (κ1) is 49.3. The number of H-pyrrole nitrogens is 2. The number of aromatic nitrogens is 4. The van der Waals surface area contributed by atoms with Crippen molar-refractivity contribution in [3.63, 3.8) is 0 Å². The Morgan fingerprint density at radius 2 is 0.923 bits per heavy atom. The molecule has 65 heavy (non-hydrogen) atoms. The molecule has 2 aliphatic carbocycles. The van der Waals surface area contributed by atoms with Gasteiger partial charge in [-0.3, -0.25) is 9.59 Å². The van der Waals surface area contributed by atoms with E-state index in [1.165, 1.54) is 76.7 Å². The number of carbonyl (C=O) groups excluding carboxylic acids is 4. The van der Waals surface area contributed by atoms with Crippen molar-refractivity contribution in [3.8, 4) is 22.5 Å². The molecule has 4 aliphatic rings. The number of ether oxygens (including phenoxy) is 2. The molecule has 2 aromatic heterocycles. The third kappa shape index (κ3) is 11.8. The van der Waals surface area contributed by atoms with Gasteiger partial charge in [-0.15, -0.1) is 0 Å². The molecule has 0 unspecified atom stereocenters. The Kier molecular flexibility index (Phi) is 17.3. The summed E-state index contributed by atoms with van der Waals surface area (Å²) < 4.78 is 9.42. The Balaban J connectivity index is 0.000000212. The van der Waals surface area contributed by atoms with Gasteiger partial charge in [0.2, 0.25) is 11.8 Å². The van der Waals surface area contributed by atoms with Crippen LogP contribution < -0.4 is 10.6 Å². The number of nitrogens with one attached hydrogen (secondary N) is 4. The molecule has 2 saturated heterocycles. The van der Waals surface area contributed by atoms with Crippen LogP contribution in [-0.2, 0) is 36.1 Å². The van der Waals surface area contributed by atoms with Crippen LogP contribution in [0.25, 0.3) is 22.5 Å². The topological polar surface area (TPSA) is 175 Å². The summed E-state index contributed by atoms with van der Waals surface area (Å²) in [5.41, 5.74) is 6.99. The molecular weight excluding hydrogens is 864 g/mol. The fourth-order valence-corrected chi connectivity index (χ4v) is 10.1. The molecule has 0 bridgehead atoms. The van der Waals surface area contributed by atoms with E-state index >= 15 is 0 Å². The van der Waals surface area contributed by atoms with Crippen LogP contribution in [0.2, 0.25) is 0 Å². The predicted octanol–water partition coefficient (Wildman–Crippen LogP) is 9.55. The van der Waals surface area contributed by atoms with E-state index in [1.54, 1.807) is 0 Å². The van der Waals surface area contributed by atoms with Crippen molar-refractivity contribution in [3.05, 3.63) is 83.7 Å². The Morgan fingerprint density at radius 1 is 0.569 bits per heavy atom. The zero-order chi connectivity index (χ0) is 45.3. The normalized spacial score (nSPS) is 19.7. The van der Waals surface area contributed by atoms with Crippen molar-refractivity contribution in [2.75, 3.05) is 27.3 Å². The quantitative estimate of drug-likeness (QED) is 0.102. The number of hydrogen-bond donors (Lipinski definition) is 4. The fourth-order valence-electron chi connectivity index (χ4n) is 10.1. The summed E-state index contributed by atoms with van der Waals surface area (Å²) in [6.07, 6.45) is 16.6. The number of amides is 4. The van der Waals surface area contributed by atoms with Crippen LogP contribution in [0.15, 0.2) is 60.9 Å². The zero-order valence-corrected chi connectivity index (χ0v) is 40.0. The molecule has 0 radical (unpaired) electrons. The maximum Gasteiger partial charge on any atom is 0.407 e. The van der Waals surface area contributed by atoms with E-state index < -0.39 is 24.3 Å². The van der Waals surface area contributed by atoms with Gasteiger partial charge in [-0.2, -0.15) is 0 Å². The van der Waals surface area contributed by atoms with Gasteiger partial charge < -0.3 is 39.9 Å². The molecule has 352 valence electrons. The number of aromatic amines is 2. The van der Waals surface area contributed by atoms with Crippen LogP contribution in [0.4, 0.5) is 9.59 Å². The van der Waals surface area contributed by atoms with Crippen LogP contribution in [-0.4, -0.2) is 93.1 Å². The zero-order valence-electron chi connectivity index (χ0n) is 38.9. The minimum absolute atomic E-state index is 0. The first-order valence-electron chi connectivity index (χ1n) is 23.6. The Hall–Kier alpha value is -5.14. The van der Waals surface area contributed by atoms with Crippen LogP contribution in [0.1, 0.15) is 151 Å². The van der Waals surface area contributed by atoms with E-state index in [4.69, 9.17) is 9.47 Å². The maximum absolute atomic E-state index is 13.3. The molecule has 2 aromatic carbocycles. The summed E-state index contributed by atoms with van der Waals surface area (Å²) in [5, 5.41) is 5.38. The maximum atomic E-state index is 13.3. The van der Waals surface area contributed by atoms with Gasteiger partial charge in [0.05, 0.1) is 50.1 Å². The number of methoxy groups -OCH3 is 2. The van der Waals surface area contributed by atoms with Gasteiger partial charge in [0.25, 0.3) is 0 Å². The minimum Gasteiger partial charge on any atom is -0.453 e. The minimum atomic E-state index is -0.624. The monoisotopic (exact) mass is 932 g/mol. The van der Waals surface area contributed by atoms with Gasteiger partial charge >= 0.3 is 12.2 Å². The molecule has 0 spiro atoms. The van der Waals surface area contributed by atoms with Crippen molar-refractivity contribution < 1.29 is 45.7 Å². The third-order valence-corrected chi connectivity index (χ3v) is 13.8. The van der Waals surface area contributed by atoms with Gasteiger partial charge in [-0.1, -0.05) is 102 Å². The van der Waals surface area contributed by atoms with Crippen molar-refractivity contribution in [1.29, 1.82) is 0 Å². The van der Waals surface area contributed by atoms with Gasteiger partial charge in [0, 0.05) is 30.2 Å². The van der Waals surface area contributed by atoms with E-state index in [-0.39, 0.29) is 52.8 Å². The summed E-state index contributed by atoms with van der Waals surface area (Å²) in [4.78, 5) is 69.9. The third-order valence-electron chi connectivity index (χ3n) is 13.8. The first-order valence-corrected chi connectivity index (χ1v) is 23.6. The van der Waals surface area contributed by atoms with Gasteiger partial charge in [0.15, 0.2) is 0 Å². The fraction of sp³-hybridized carbons (Fsp3) is 0.560. The Bertz CT molecular complexity index is 2020. The van der Waals surface area contributed by atoms with E-state index in [1.807, 2.05) is 49.9 Å². The average Bonchev–Trinajstić information content (AvgIpc) is 4.17. The summed E-state index contributed by atoms with van der Waals surface area (Å²) >= 11 is 0. The number of hydrogen-bond acceptors (Lipinski definition) is 8. The van der Waals surface area contributed by atoms with Gasteiger partial charge in [0.1, 0.15) is 23.7 Å². The Morgan fingerprint density at radius 3 is 1.25 bits per heavy atom.